The topological polar surface area (TPSA) is 56.7 Å². The minimum atomic E-state index is -0.0501. The zero-order chi connectivity index (χ0) is 14.7. The molecule has 0 bridgehead atoms. The Morgan fingerprint density at radius 3 is 2.52 bits per heavy atom. The molecule has 21 heavy (non-hydrogen) atoms. The minimum absolute atomic E-state index is 0.0106. The maximum absolute atomic E-state index is 6.23. The van der Waals surface area contributed by atoms with Gasteiger partial charge in [0.25, 0.3) is 0 Å². The Kier molecular flexibility index (Phi) is 3.79. The SMILES string of the molecule is CC(N)C(c1cccnc1)n1ccnc1-c1ccccc1. The van der Waals surface area contributed by atoms with Gasteiger partial charge >= 0.3 is 0 Å². The molecule has 2 aromatic heterocycles. The summed E-state index contributed by atoms with van der Waals surface area (Å²) < 4.78 is 2.12. The predicted molar refractivity (Wildman–Crippen MR) is 83.7 cm³/mol. The fraction of sp³-hybridized carbons (Fsp3) is 0.176. The zero-order valence-electron chi connectivity index (χ0n) is 11.9. The molecule has 0 amide bonds. The molecule has 3 rings (SSSR count). The first-order valence-corrected chi connectivity index (χ1v) is 7.01. The number of nitrogens with zero attached hydrogens (tertiary/aromatic N) is 3. The summed E-state index contributed by atoms with van der Waals surface area (Å²) in [6.07, 6.45) is 7.42. The van der Waals surface area contributed by atoms with Crippen LogP contribution in [0.2, 0.25) is 0 Å². The Hall–Kier alpha value is -2.46. The van der Waals surface area contributed by atoms with Crippen LogP contribution in [-0.2, 0) is 0 Å². The van der Waals surface area contributed by atoms with E-state index in [1.807, 2.05) is 49.8 Å². The molecule has 0 aliphatic heterocycles. The van der Waals surface area contributed by atoms with Gasteiger partial charge in [0.05, 0.1) is 6.04 Å². The molecule has 4 heteroatoms. The molecule has 3 aromatic rings. The summed E-state index contributed by atoms with van der Waals surface area (Å²) in [7, 11) is 0. The van der Waals surface area contributed by atoms with Gasteiger partial charge in [0, 0.05) is 36.4 Å². The summed E-state index contributed by atoms with van der Waals surface area (Å²) in [6.45, 7) is 2.01. The fourth-order valence-corrected chi connectivity index (χ4v) is 2.62. The first kappa shape index (κ1) is 13.5. The van der Waals surface area contributed by atoms with Crippen LogP contribution >= 0.6 is 0 Å². The van der Waals surface area contributed by atoms with E-state index in [1.54, 1.807) is 6.20 Å². The van der Waals surface area contributed by atoms with E-state index < -0.39 is 0 Å². The standard InChI is InChI=1S/C17H18N4/c1-13(18)16(15-8-5-9-19-12-15)21-11-10-20-17(21)14-6-3-2-4-7-14/h2-13,16H,18H2,1H3. The van der Waals surface area contributed by atoms with Gasteiger partial charge in [0.15, 0.2) is 0 Å². The molecule has 2 unspecified atom stereocenters. The lowest BCUT2D eigenvalue weighted by atomic mass is 10.0. The summed E-state index contributed by atoms with van der Waals surface area (Å²) in [5.41, 5.74) is 8.40. The molecule has 2 atom stereocenters. The van der Waals surface area contributed by atoms with Crippen LogP contribution in [-0.4, -0.2) is 20.6 Å². The van der Waals surface area contributed by atoms with E-state index in [2.05, 4.69) is 32.7 Å². The second-order valence-corrected chi connectivity index (χ2v) is 5.11. The lowest BCUT2D eigenvalue weighted by molar-refractivity contribution is 0.499. The first-order valence-electron chi connectivity index (χ1n) is 7.01. The highest BCUT2D eigenvalue weighted by Gasteiger charge is 2.21. The largest absolute Gasteiger partial charge is 0.326 e. The monoisotopic (exact) mass is 278 g/mol. The van der Waals surface area contributed by atoms with Crippen molar-refractivity contribution >= 4 is 0 Å². The third kappa shape index (κ3) is 2.71. The summed E-state index contributed by atoms with van der Waals surface area (Å²) >= 11 is 0. The van der Waals surface area contributed by atoms with Gasteiger partial charge in [-0.05, 0) is 18.6 Å². The van der Waals surface area contributed by atoms with Crippen LogP contribution in [0.15, 0.2) is 67.3 Å². The molecule has 4 nitrogen and oxygen atoms in total. The Balaban J connectivity index is 2.09. The van der Waals surface area contributed by atoms with E-state index in [1.165, 1.54) is 0 Å². The second-order valence-electron chi connectivity index (χ2n) is 5.11. The van der Waals surface area contributed by atoms with Crippen molar-refractivity contribution in [2.45, 2.75) is 19.0 Å². The zero-order valence-corrected chi connectivity index (χ0v) is 11.9. The van der Waals surface area contributed by atoms with E-state index in [0.29, 0.717) is 0 Å². The summed E-state index contributed by atoms with van der Waals surface area (Å²) in [6, 6.07) is 14.1. The van der Waals surface area contributed by atoms with Crippen LogP contribution in [0.3, 0.4) is 0 Å². The average molecular weight is 278 g/mol. The number of aromatic nitrogens is 3. The smallest absolute Gasteiger partial charge is 0.140 e. The van der Waals surface area contributed by atoms with Crippen molar-refractivity contribution in [1.82, 2.24) is 14.5 Å². The van der Waals surface area contributed by atoms with E-state index in [-0.39, 0.29) is 12.1 Å². The molecule has 0 aliphatic carbocycles. The molecule has 0 radical (unpaired) electrons. The van der Waals surface area contributed by atoms with Crippen LogP contribution in [0.1, 0.15) is 18.5 Å². The predicted octanol–water partition coefficient (Wildman–Crippen LogP) is 2.88. The molecule has 106 valence electrons. The normalized spacial score (nSPS) is 13.8. The number of hydrogen-bond acceptors (Lipinski definition) is 3. The van der Waals surface area contributed by atoms with Crippen molar-refractivity contribution in [3.05, 3.63) is 72.8 Å². The molecule has 0 saturated carbocycles. The fourth-order valence-electron chi connectivity index (χ4n) is 2.62. The summed E-state index contributed by atoms with van der Waals surface area (Å²) in [5, 5.41) is 0. The van der Waals surface area contributed by atoms with Crippen molar-refractivity contribution in [3.63, 3.8) is 0 Å². The molecule has 0 fully saturated rings. The Bertz CT molecular complexity index is 689. The third-order valence-electron chi connectivity index (χ3n) is 3.52. The highest BCUT2D eigenvalue weighted by atomic mass is 15.1. The van der Waals surface area contributed by atoms with Crippen LogP contribution < -0.4 is 5.73 Å². The van der Waals surface area contributed by atoms with Crippen LogP contribution in [0.4, 0.5) is 0 Å². The van der Waals surface area contributed by atoms with Crippen LogP contribution in [0.25, 0.3) is 11.4 Å². The molecule has 1 aromatic carbocycles. The quantitative estimate of drug-likeness (QED) is 0.798. The van der Waals surface area contributed by atoms with E-state index >= 15 is 0 Å². The number of pyridine rings is 1. The van der Waals surface area contributed by atoms with E-state index in [9.17, 15) is 0 Å². The van der Waals surface area contributed by atoms with Gasteiger partial charge < -0.3 is 10.3 Å². The second kappa shape index (κ2) is 5.89. The number of imidazole rings is 1. The molecule has 2 heterocycles. The van der Waals surface area contributed by atoms with Crippen molar-refractivity contribution in [2.24, 2.45) is 5.73 Å². The summed E-state index contributed by atoms with van der Waals surface area (Å²) in [5.74, 6) is 0.918. The molecule has 0 spiro atoms. The molecule has 0 aliphatic rings. The molecular formula is C17H18N4. The average Bonchev–Trinajstić information content (AvgIpc) is 2.98. The number of hydrogen-bond donors (Lipinski definition) is 1. The van der Waals surface area contributed by atoms with Gasteiger partial charge in [-0.25, -0.2) is 4.98 Å². The molecule has 2 N–H and O–H groups in total. The molecular weight excluding hydrogens is 260 g/mol. The Morgan fingerprint density at radius 2 is 1.86 bits per heavy atom. The lowest BCUT2D eigenvalue weighted by Crippen LogP contribution is -2.30. The van der Waals surface area contributed by atoms with Crippen LogP contribution in [0.5, 0.6) is 0 Å². The number of nitrogens with two attached hydrogens (primary N) is 1. The van der Waals surface area contributed by atoms with Gasteiger partial charge in [0.2, 0.25) is 0 Å². The Labute approximate surface area is 124 Å². The van der Waals surface area contributed by atoms with Gasteiger partial charge in [-0.1, -0.05) is 36.4 Å². The van der Waals surface area contributed by atoms with Gasteiger partial charge in [0.1, 0.15) is 5.82 Å². The van der Waals surface area contributed by atoms with Crippen LogP contribution in [0, 0.1) is 0 Å². The van der Waals surface area contributed by atoms with E-state index in [4.69, 9.17) is 5.73 Å². The van der Waals surface area contributed by atoms with Crippen molar-refractivity contribution < 1.29 is 0 Å². The highest BCUT2D eigenvalue weighted by Crippen LogP contribution is 2.27. The van der Waals surface area contributed by atoms with Gasteiger partial charge in [-0.15, -0.1) is 0 Å². The third-order valence-corrected chi connectivity index (χ3v) is 3.52. The number of benzene rings is 1. The minimum Gasteiger partial charge on any atom is -0.326 e. The van der Waals surface area contributed by atoms with Gasteiger partial charge in [-0.2, -0.15) is 0 Å². The summed E-state index contributed by atoms with van der Waals surface area (Å²) in [4.78, 5) is 8.71. The number of rotatable bonds is 4. The van der Waals surface area contributed by atoms with Gasteiger partial charge in [-0.3, -0.25) is 4.98 Å². The van der Waals surface area contributed by atoms with E-state index in [0.717, 1.165) is 17.0 Å². The van der Waals surface area contributed by atoms with Crippen molar-refractivity contribution in [1.29, 1.82) is 0 Å². The van der Waals surface area contributed by atoms with Crippen molar-refractivity contribution in [2.75, 3.05) is 0 Å². The maximum Gasteiger partial charge on any atom is 0.140 e. The van der Waals surface area contributed by atoms with Crippen molar-refractivity contribution in [3.8, 4) is 11.4 Å². The maximum atomic E-state index is 6.23. The highest BCUT2D eigenvalue weighted by molar-refractivity contribution is 5.55. The lowest BCUT2D eigenvalue weighted by Gasteiger charge is -2.24. The molecule has 0 saturated heterocycles. The first-order chi connectivity index (χ1) is 10.3. The Morgan fingerprint density at radius 1 is 1.05 bits per heavy atom.